The second-order valence-corrected chi connectivity index (χ2v) is 3.94. The molecule has 74 valence electrons. The van der Waals surface area contributed by atoms with Gasteiger partial charge in [-0.1, -0.05) is 52.3 Å². The molecule has 0 heterocycles. The Bertz CT molecular complexity index is 496. The number of rotatable bonds is 2. The Balaban J connectivity index is 2.64. The van der Waals surface area contributed by atoms with Crippen LogP contribution in [0.1, 0.15) is 0 Å². The summed E-state index contributed by atoms with van der Waals surface area (Å²) < 4.78 is 0.959. The highest BCUT2D eigenvalue weighted by atomic mass is 79.9. The van der Waals surface area contributed by atoms with E-state index in [1.807, 2.05) is 36.4 Å². The SMILES string of the molecule is O=Nc1ccccc1-c1ccccc1Br. The molecular weight excluding hydrogens is 254 g/mol. The van der Waals surface area contributed by atoms with Crippen LogP contribution in [0.25, 0.3) is 11.1 Å². The van der Waals surface area contributed by atoms with Gasteiger partial charge in [0.2, 0.25) is 0 Å². The molecule has 0 N–H and O–H groups in total. The molecular formula is C12H8BrNO. The molecule has 0 amide bonds. The van der Waals surface area contributed by atoms with Crippen LogP contribution in [-0.4, -0.2) is 0 Å². The van der Waals surface area contributed by atoms with Crippen molar-refractivity contribution in [1.82, 2.24) is 0 Å². The molecule has 0 aliphatic heterocycles. The van der Waals surface area contributed by atoms with Crippen LogP contribution in [0, 0.1) is 4.91 Å². The minimum Gasteiger partial charge on any atom is -0.145 e. The third kappa shape index (κ3) is 1.97. The van der Waals surface area contributed by atoms with Crippen LogP contribution in [0.2, 0.25) is 0 Å². The van der Waals surface area contributed by atoms with E-state index in [9.17, 15) is 4.91 Å². The number of hydrogen-bond donors (Lipinski definition) is 0. The van der Waals surface area contributed by atoms with Crippen LogP contribution in [0.4, 0.5) is 5.69 Å². The molecule has 2 aromatic carbocycles. The first-order chi connectivity index (χ1) is 7.33. The summed E-state index contributed by atoms with van der Waals surface area (Å²) in [6.07, 6.45) is 0. The highest BCUT2D eigenvalue weighted by Crippen LogP contribution is 2.34. The topological polar surface area (TPSA) is 29.4 Å². The van der Waals surface area contributed by atoms with Crippen molar-refractivity contribution in [2.75, 3.05) is 0 Å². The molecule has 3 heteroatoms. The van der Waals surface area contributed by atoms with Crippen molar-refractivity contribution >= 4 is 21.6 Å². The molecule has 0 aliphatic rings. The summed E-state index contributed by atoms with van der Waals surface area (Å²) >= 11 is 3.45. The molecule has 0 aromatic heterocycles. The molecule has 0 saturated heterocycles. The van der Waals surface area contributed by atoms with Gasteiger partial charge in [0.25, 0.3) is 0 Å². The fourth-order valence-corrected chi connectivity index (χ4v) is 1.96. The predicted octanol–water partition coefficient (Wildman–Crippen LogP) is 4.51. The third-order valence-electron chi connectivity index (χ3n) is 2.17. The molecule has 2 rings (SSSR count). The summed E-state index contributed by atoms with van der Waals surface area (Å²) in [5.41, 5.74) is 2.29. The molecule has 0 saturated carbocycles. The van der Waals surface area contributed by atoms with Crippen LogP contribution in [0.15, 0.2) is 58.2 Å². The molecule has 2 nitrogen and oxygen atoms in total. The van der Waals surface area contributed by atoms with E-state index in [-0.39, 0.29) is 0 Å². The molecule has 15 heavy (non-hydrogen) atoms. The lowest BCUT2D eigenvalue weighted by Crippen LogP contribution is -1.79. The van der Waals surface area contributed by atoms with Gasteiger partial charge in [-0.2, -0.15) is 0 Å². The van der Waals surface area contributed by atoms with Crippen molar-refractivity contribution < 1.29 is 0 Å². The Labute approximate surface area is 96.1 Å². The Kier molecular flexibility index (Phi) is 2.92. The van der Waals surface area contributed by atoms with Crippen LogP contribution < -0.4 is 0 Å². The number of halogens is 1. The van der Waals surface area contributed by atoms with Gasteiger partial charge in [-0.25, -0.2) is 0 Å². The normalized spacial score (nSPS) is 9.93. The highest BCUT2D eigenvalue weighted by molar-refractivity contribution is 9.10. The van der Waals surface area contributed by atoms with E-state index in [4.69, 9.17) is 0 Å². The zero-order valence-electron chi connectivity index (χ0n) is 7.85. The maximum atomic E-state index is 10.6. The zero-order valence-corrected chi connectivity index (χ0v) is 9.44. The van der Waals surface area contributed by atoms with E-state index in [2.05, 4.69) is 21.1 Å². The Morgan fingerprint density at radius 1 is 0.867 bits per heavy atom. The Morgan fingerprint density at radius 3 is 2.13 bits per heavy atom. The summed E-state index contributed by atoms with van der Waals surface area (Å²) in [7, 11) is 0. The summed E-state index contributed by atoms with van der Waals surface area (Å²) in [6.45, 7) is 0. The first-order valence-corrected chi connectivity index (χ1v) is 5.29. The minimum atomic E-state index is 0.462. The predicted molar refractivity (Wildman–Crippen MR) is 65.0 cm³/mol. The van der Waals surface area contributed by atoms with E-state index >= 15 is 0 Å². The molecule has 0 atom stereocenters. The van der Waals surface area contributed by atoms with Gasteiger partial charge in [0.15, 0.2) is 0 Å². The lowest BCUT2D eigenvalue weighted by atomic mass is 10.0. The first kappa shape index (κ1) is 10.1. The lowest BCUT2D eigenvalue weighted by Gasteiger charge is -2.05. The Hall–Kier alpha value is -1.48. The lowest BCUT2D eigenvalue weighted by molar-refractivity contribution is 1.48. The van der Waals surface area contributed by atoms with E-state index in [1.165, 1.54) is 0 Å². The van der Waals surface area contributed by atoms with Gasteiger partial charge in [-0.05, 0) is 22.9 Å². The van der Waals surface area contributed by atoms with Gasteiger partial charge >= 0.3 is 0 Å². The summed E-state index contributed by atoms with van der Waals surface area (Å²) in [6, 6.07) is 15.1. The van der Waals surface area contributed by atoms with Gasteiger partial charge in [0, 0.05) is 10.0 Å². The third-order valence-corrected chi connectivity index (χ3v) is 2.86. The molecule has 0 unspecified atom stereocenters. The minimum absolute atomic E-state index is 0.462. The molecule has 0 bridgehead atoms. The van der Waals surface area contributed by atoms with Crippen molar-refractivity contribution in [3.05, 3.63) is 57.9 Å². The smallest absolute Gasteiger partial charge is 0.115 e. The van der Waals surface area contributed by atoms with E-state index in [0.29, 0.717) is 5.69 Å². The standard InChI is InChI=1S/C12H8BrNO/c13-11-7-3-1-5-9(11)10-6-2-4-8-12(10)14-15/h1-8H. The monoisotopic (exact) mass is 261 g/mol. The van der Waals surface area contributed by atoms with E-state index < -0.39 is 0 Å². The van der Waals surface area contributed by atoms with Gasteiger partial charge in [0.1, 0.15) is 5.69 Å². The quantitative estimate of drug-likeness (QED) is 0.732. The maximum Gasteiger partial charge on any atom is 0.115 e. The number of hydrogen-bond acceptors (Lipinski definition) is 2. The van der Waals surface area contributed by atoms with Crippen LogP contribution >= 0.6 is 15.9 Å². The number of nitroso groups, excluding NO2 is 1. The van der Waals surface area contributed by atoms with E-state index in [1.54, 1.807) is 12.1 Å². The molecule has 0 fully saturated rings. The highest BCUT2D eigenvalue weighted by Gasteiger charge is 2.06. The molecule has 0 radical (unpaired) electrons. The molecule has 0 spiro atoms. The zero-order chi connectivity index (χ0) is 10.7. The number of nitrogens with zero attached hydrogens (tertiary/aromatic N) is 1. The van der Waals surface area contributed by atoms with Crippen LogP contribution in [-0.2, 0) is 0 Å². The second-order valence-electron chi connectivity index (χ2n) is 3.09. The van der Waals surface area contributed by atoms with Gasteiger partial charge in [-0.3, -0.25) is 0 Å². The van der Waals surface area contributed by atoms with Crippen LogP contribution in [0.5, 0.6) is 0 Å². The molecule has 2 aromatic rings. The van der Waals surface area contributed by atoms with Crippen molar-refractivity contribution in [3.8, 4) is 11.1 Å². The van der Waals surface area contributed by atoms with Crippen LogP contribution in [0.3, 0.4) is 0 Å². The van der Waals surface area contributed by atoms with Crippen molar-refractivity contribution in [3.63, 3.8) is 0 Å². The molecule has 0 aliphatic carbocycles. The Morgan fingerprint density at radius 2 is 1.47 bits per heavy atom. The van der Waals surface area contributed by atoms with Crippen molar-refractivity contribution in [2.45, 2.75) is 0 Å². The van der Waals surface area contributed by atoms with Crippen molar-refractivity contribution in [2.24, 2.45) is 5.18 Å². The largest absolute Gasteiger partial charge is 0.145 e. The van der Waals surface area contributed by atoms with Gasteiger partial charge in [-0.15, -0.1) is 4.91 Å². The van der Waals surface area contributed by atoms with E-state index in [0.717, 1.165) is 15.6 Å². The first-order valence-electron chi connectivity index (χ1n) is 4.50. The fourth-order valence-electron chi connectivity index (χ4n) is 1.46. The van der Waals surface area contributed by atoms with Gasteiger partial charge < -0.3 is 0 Å². The maximum absolute atomic E-state index is 10.6. The second kappa shape index (κ2) is 4.36. The average molecular weight is 262 g/mol. The summed E-state index contributed by atoms with van der Waals surface area (Å²) in [5.74, 6) is 0. The average Bonchev–Trinajstić information content (AvgIpc) is 2.30. The summed E-state index contributed by atoms with van der Waals surface area (Å²) in [5, 5.41) is 3.02. The fraction of sp³-hybridized carbons (Fsp3) is 0. The summed E-state index contributed by atoms with van der Waals surface area (Å²) in [4.78, 5) is 10.6. The number of benzene rings is 2. The van der Waals surface area contributed by atoms with Crippen molar-refractivity contribution in [1.29, 1.82) is 0 Å². The van der Waals surface area contributed by atoms with Gasteiger partial charge in [0.05, 0.1) is 0 Å².